The molecule has 0 bridgehead atoms. The summed E-state index contributed by atoms with van der Waals surface area (Å²) in [6, 6.07) is 4.74. The zero-order chi connectivity index (χ0) is 16.3. The molecule has 2 N–H and O–H groups in total. The van der Waals surface area contributed by atoms with Crippen molar-refractivity contribution in [2.24, 2.45) is 5.92 Å². The first-order valence-corrected chi connectivity index (χ1v) is 7.48. The molecule has 5 nitrogen and oxygen atoms in total. The minimum atomic E-state index is -0.393. The van der Waals surface area contributed by atoms with Crippen LogP contribution in [0.2, 0.25) is 0 Å². The minimum Gasteiger partial charge on any atom is -0.370 e. The normalized spacial score (nSPS) is 13.9. The molecular formula is C16H22FN3O2. The van der Waals surface area contributed by atoms with Gasteiger partial charge in [-0.2, -0.15) is 0 Å². The van der Waals surface area contributed by atoms with E-state index in [1.165, 1.54) is 6.07 Å². The fourth-order valence-corrected chi connectivity index (χ4v) is 2.01. The molecule has 1 fully saturated rings. The van der Waals surface area contributed by atoms with Gasteiger partial charge in [0.2, 0.25) is 11.8 Å². The third-order valence-corrected chi connectivity index (χ3v) is 3.76. The van der Waals surface area contributed by atoms with Crippen LogP contribution in [0.15, 0.2) is 18.2 Å². The average molecular weight is 307 g/mol. The molecule has 1 saturated carbocycles. The first-order chi connectivity index (χ1) is 10.4. The number of carbonyl (C=O) groups is 2. The molecule has 6 heteroatoms. The number of carbonyl (C=O) groups excluding carboxylic acids is 2. The second kappa shape index (κ2) is 6.77. The van der Waals surface area contributed by atoms with Crippen molar-refractivity contribution < 1.29 is 14.0 Å². The van der Waals surface area contributed by atoms with E-state index in [2.05, 4.69) is 10.6 Å². The van der Waals surface area contributed by atoms with Gasteiger partial charge in [-0.15, -0.1) is 0 Å². The van der Waals surface area contributed by atoms with Crippen molar-refractivity contribution in [2.75, 3.05) is 23.8 Å². The van der Waals surface area contributed by atoms with Crippen LogP contribution >= 0.6 is 0 Å². The maximum absolute atomic E-state index is 14.1. The second-order valence-corrected chi connectivity index (χ2v) is 5.91. The molecule has 1 aliphatic carbocycles. The Labute approximate surface area is 129 Å². The van der Waals surface area contributed by atoms with Crippen LogP contribution in [0.1, 0.15) is 26.7 Å². The monoisotopic (exact) mass is 307 g/mol. The Balaban J connectivity index is 1.90. The van der Waals surface area contributed by atoms with Crippen molar-refractivity contribution in [1.29, 1.82) is 0 Å². The van der Waals surface area contributed by atoms with Gasteiger partial charge in [-0.25, -0.2) is 4.39 Å². The third-order valence-electron chi connectivity index (χ3n) is 3.76. The van der Waals surface area contributed by atoms with Gasteiger partial charge in [-0.1, -0.05) is 0 Å². The van der Waals surface area contributed by atoms with E-state index in [1.807, 2.05) is 25.8 Å². The van der Waals surface area contributed by atoms with E-state index in [4.69, 9.17) is 0 Å². The Morgan fingerprint density at radius 2 is 2.05 bits per heavy atom. The Bertz CT molecular complexity index is 571. The maximum atomic E-state index is 14.1. The van der Waals surface area contributed by atoms with Crippen LogP contribution in [-0.2, 0) is 9.59 Å². The van der Waals surface area contributed by atoms with Gasteiger partial charge in [0.1, 0.15) is 5.82 Å². The zero-order valence-electron chi connectivity index (χ0n) is 13.1. The topological polar surface area (TPSA) is 61.4 Å². The van der Waals surface area contributed by atoms with Gasteiger partial charge < -0.3 is 15.5 Å². The first kappa shape index (κ1) is 16.3. The van der Waals surface area contributed by atoms with Crippen LogP contribution < -0.4 is 15.5 Å². The van der Waals surface area contributed by atoms with E-state index in [9.17, 15) is 14.0 Å². The first-order valence-electron chi connectivity index (χ1n) is 7.48. The fraction of sp³-hybridized carbons (Fsp3) is 0.500. The number of halogens is 1. The molecule has 2 amide bonds. The summed E-state index contributed by atoms with van der Waals surface area (Å²) in [5, 5.41) is 5.15. The highest BCUT2D eigenvalue weighted by atomic mass is 19.1. The molecule has 0 aliphatic heterocycles. The molecule has 2 rings (SSSR count). The number of hydrogen-bond acceptors (Lipinski definition) is 3. The molecule has 1 aromatic rings. The van der Waals surface area contributed by atoms with Crippen molar-refractivity contribution in [3.63, 3.8) is 0 Å². The lowest BCUT2D eigenvalue weighted by Gasteiger charge is -2.24. The summed E-state index contributed by atoms with van der Waals surface area (Å²) < 4.78 is 14.1. The van der Waals surface area contributed by atoms with Gasteiger partial charge >= 0.3 is 0 Å². The van der Waals surface area contributed by atoms with Crippen LogP contribution in [0.5, 0.6) is 0 Å². The van der Waals surface area contributed by atoms with Crippen molar-refractivity contribution in [3.05, 3.63) is 24.0 Å². The van der Waals surface area contributed by atoms with Gasteiger partial charge in [-0.3, -0.25) is 9.59 Å². The summed E-state index contributed by atoms with van der Waals surface area (Å²) >= 11 is 0. The fourth-order valence-electron chi connectivity index (χ4n) is 2.01. The molecule has 22 heavy (non-hydrogen) atoms. The summed E-state index contributed by atoms with van der Waals surface area (Å²) in [5.41, 5.74) is 0.860. The molecule has 0 saturated heterocycles. The van der Waals surface area contributed by atoms with Gasteiger partial charge in [0, 0.05) is 24.7 Å². The van der Waals surface area contributed by atoms with Gasteiger partial charge in [0.25, 0.3) is 0 Å². The average Bonchev–Trinajstić information content (AvgIpc) is 3.28. The largest absolute Gasteiger partial charge is 0.370 e. The molecule has 0 heterocycles. The van der Waals surface area contributed by atoms with Gasteiger partial charge in [-0.05, 0) is 44.9 Å². The Hall–Kier alpha value is -2.11. The van der Waals surface area contributed by atoms with E-state index in [0.29, 0.717) is 11.4 Å². The van der Waals surface area contributed by atoms with Gasteiger partial charge in [0.15, 0.2) is 0 Å². The second-order valence-electron chi connectivity index (χ2n) is 5.91. The van der Waals surface area contributed by atoms with Crippen LogP contribution in [0.3, 0.4) is 0 Å². The molecule has 0 aromatic heterocycles. The molecule has 0 radical (unpaired) electrons. The van der Waals surface area contributed by atoms with Crippen molar-refractivity contribution in [1.82, 2.24) is 5.32 Å². The van der Waals surface area contributed by atoms with E-state index >= 15 is 0 Å². The van der Waals surface area contributed by atoms with Crippen LogP contribution in [0, 0.1) is 11.7 Å². The van der Waals surface area contributed by atoms with E-state index < -0.39 is 5.82 Å². The third kappa shape index (κ3) is 4.19. The number of nitrogens with zero attached hydrogens (tertiary/aromatic N) is 1. The Morgan fingerprint density at radius 1 is 1.36 bits per heavy atom. The lowest BCUT2D eigenvalue weighted by Crippen LogP contribution is -2.33. The zero-order valence-corrected chi connectivity index (χ0v) is 13.1. The summed E-state index contributed by atoms with van der Waals surface area (Å²) in [5.74, 6) is -0.777. The summed E-state index contributed by atoms with van der Waals surface area (Å²) in [6.07, 6.45) is 1.78. The highest BCUT2D eigenvalue weighted by Gasteiger charge is 2.29. The molecule has 120 valence electrons. The maximum Gasteiger partial charge on any atom is 0.243 e. The number of anilines is 2. The van der Waals surface area contributed by atoms with Crippen molar-refractivity contribution in [2.45, 2.75) is 32.7 Å². The van der Waals surface area contributed by atoms with Crippen molar-refractivity contribution in [3.8, 4) is 0 Å². The molecule has 1 aromatic carbocycles. The van der Waals surface area contributed by atoms with E-state index in [-0.39, 0.29) is 30.3 Å². The van der Waals surface area contributed by atoms with Crippen LogP contribution in [0.25, 0.3) is 0 Å². The van der Waals surface area contributed by atoms with Crippen molar-refractivity contribution >= 4 is 23.2 Å². The van der Waals surface area contributed by atoms with Gasteiger partial charge in [0.05, 0.1) is 12.2 Å². The number of nitrogens with one attached hydrogen (secondary N) is 2. The predicted octanol–water partition coefficient (Wildman–Crippen LogP) is 2.13. The lowest BCUT2D eigenvalue weighted by molar-refractivity contribution is -0.125. The smallest absolute Gasteiger partial charge is 0.243 e. The molecule has 0 atom stereocenters. The molecule has 1 aliphatic rings. The number of amides is 2. The summed E-state index contributed by atoms with van der Waals surface area (Å²) in [4.78, 5) is 25.0. The number of hydrogen-bond donors (Lipinski definition) is 2. The molecule has 0 unspecified atom stereocenters. The molecular weight excluding hydrogens is 285 g/mol. The predicted molar refractivity (Wildman–Crippen MR) is 84.3 cm³/mol. The quantitative estimate of drug-likeness (QED) is 0.846. The van der Waals surface area contributed by atoms with Crippen LogP contribution in [0.4, 0.5) is 15.8 Å². The Morgan fingerprint density at radius 3 is 2.59 bits per heavy atom. The SMILES string of the molecule is CC(C)N(C)c1ccc(NC(=O)CNC(=O)C2CC2)cc1F. The molecule has 0 spiro atoms. The highest BCUT2D eigenvalue weighted by molar-refractivity contribution is 5.95. The van der Waals surface area contributed by atoms with E-state index in [0.717, 1.165) is 12.8 Å². The minimum absolute atomic E-state index is 0.0658. The van der Waals surface area contributed by atoms with Crippen LogP contribution in [-0.4, -0.2) is 31.4 Å². The van der Waals surface area contributed by atoms with E-state index in [1.54, 1.807) is 12.1 Å². The number of benzene rings is 1. The summed E-state index contributed by atoms with van der Waals surface area (Å²) in [6.45, 7) is 3.85. The summed E-state index contributed by atoms with van der Waals surface area (Å²) in [7, 11) is 1.81. The number of rotatable bonds is 6. The highest BCUT2D eigenvalue weighted by Crippen LogP contribution is 2.28. The standard InChI is InChI=1S/C16H22FN3O2/c1-10(2)20(3)14-7-6-12(8-13(14)17)19-15(21)9-18-16(22)11-4-5-11/h6-8,10-11H,4-5,9H2,1-3H3,(H,18,22)(H,19,21). The Kier molecular flexibility index (Phi) is 5.00. The lowest BCUT2D eigenvalue weighted by atomic mass is 10.2.